The van der Waals surface area contributed by atoms with Crippen molar-refractivity contribution in [2.45, 2.75) is 12.5 Å². The number of nitrogens with one attached hydrogen (secondary N) is 1. The summed E-state index contributed by atoms with van der Waals surface area (Å²) in [5.41, 5.74) is 1.79. The van der Waals surface area contributed by atoms with Gasteiger partial charge in [-0.05, 0) is 56.2 Å². The Labute approximate surface area is 177 Å². The van der Waals surface area contributed by atoms with Crippen molar-refractivity contribution in [3.63, 3.8) is 0 Å². The molecule has 2 aromatic heterocycles. The van der Waals surface area contributed by atoms with Crippen molar-refractivity contribution in [3.05, 3.63) is 53.4 Å². The fourth-order valence-corrected chi connectivity index (χ4v) is 5.75. The molecule has 1 unspecified atom stereocenters. The molecule has 1 atom stereocenters. The first kappa shape index (κ1) is 18.5. The molecule has 0 bridgehead atoms. The number of benzene rings is 2. The number of fused-ring (bicyclic) bond motifs is 2. The van der Waals surface area contributed by atoms with Crippen LogP contribution < -0.4 is 10.2 Å². The summed E-state index contributed by atoms with van der Waals surface area (Å²) < 4.78 is 2.23. The van der Waals surface area contributed by atoms with Gasteiger partial charge in [-0.1, -0.05) is 29.5 Å². The second-order valence-electron chi connectivity index (χ2n) is 7.63. The average molecular weight is 423 g/mol. The number of hydrogen-bond acceptors (Lipinski definition) is 6. The van der Waals surface area contributed by atoms with Crippen molar-refractivity contribution >= 4 is 59.7 Å². The minimum atomic E-state index is -0.0661. The first-order chi connectivity index (χ1) is 14.1. The highest BCUT2D eigenvalue weighted by Gasteiger charge is 2.26. The topological polar surface area (TPSA) is 48.5 Å². The largest absolute Gasteiger partial charge is 0.346 e. The number of carbonyl (C=O) groups is 1. The van der Waals surface area contributed by atoms with Gasteiger partial charge in [0.25, 0.3) is 5.91 Å². The zero-order valence-electron chi connectivity index (χ0n) is 16.4. The maximum absolute atomic E-state index is 12.7. The van der Waals surface area contributed by atoms with Crippen LogP contribution >= 0.6 is 22.7 Å². The molecule has 4 aromatic rings. The van der Waals surface area contributed by atoms with E-state index in [1.807, 2.05) is 48.5 Å². The molecular formula is C22H22N4OS2. The lowest BCUT2D eigenvalue weighted by atomic mass is 10.2. The highest BCUT2D eigenvalue weighted by atomic mass is 32.1. The lowest BCUT2D eigenvalue weighted by Gasteiger charge is -2.19. The molecule has 1 aliphatic rings. The van der Waals surface area contributed by atoms with E-state index >= 15 is 0 Å². The molecule has 0 aliphatic carbocycles. The maximum Gasteiger partial charge on any atom is 0.265 e. The quantitative estimate of drug-likeness (QED) is 0.508. The number of thiazole rings is 1. The Morgan fingerprint density at radius 2 is 2.00 bits per heavy atom. The second-order valence-corrected chi connectivity index (χ2v) is 9.73. The minimum absolute atomic E-state index is 0.0661. The van der Waals surface area contributed by atoms with Crippen LogP contribution in [-0.2, 0) is 0 Å². The molecule has 0 saturated carbocycles. The molecule has 0 radical (unpaired) electrons. The summed E-state index contributed by atoms with van der Waals surface area (Å²) in [4.78, 5) is 22.9. The van der Waals surface area contributed by atoms with Crippen molar-refractivity contribution in [2.75, 3.05) is 37.4 Å². The smallest absolute Gasteiger partial charge is 0.265 e. The van der Waals surface area contributed by atoms with Gasteiger partial charge >= 0.3 is 0 Å². The van der Waals surface area contributed by atoms with Crippen molar-refractivity contribution in [2.24, 2.45) is 0 Å². The Balaban J connectivity index is 1.35. The zero-order valence-corrected chi connectivity index (χ0v) is 18.0. The van der Waals surface area contributed by atoms with Gasteiger partial charge in [-0.25, -0.2) is 4.98 Å². The van der Waals surface area contributed by atoms with E-state index in [0.717, 1.165) is 49.1 Å². The molecular weight excluding hydrogens is 400 g/mol. The van der Waals surface area contributed by atoms with Gasteiger partial charge in [0.15, 0.2) is 5.13 Å². The zero-order chi connectivity index (χ0) is 20.0. The Bertz CT molecular complexity index is 1160. The van der Waals surface area contributed by atoms with Crippen molar-refractivity contribution in [3.8, 4) is 0 Å². The minimum Gasteiger partial charge on any atom is -0.346 e. The second kappa shape index (κ2) is 7.40. The summed E-state index contributed by atoms with van der Waals surface area (Å²) in [5.74, 6) is -0.0661. The molecule has 5 nitrogen and oxygen atoms in total. The van der Waals surface area contributed by atoms with Gasteiger partial charge in [0.2, 0.25) is 0 Å². The van der Waals surface area contributed by atoms with E-state index in [2.05, 4.69) is 29.2 Å². The number of anilines is 2. The SMILES string of the molecule is CN(C)C1CCN(c2nc3ccc(NC(=O)c4cc5ccccc5s4)cc3s2)C1. The van der Waals surface area contributed by atoms with Crippen LogP contribution in [0.5, 0.6) is 0 Å². The lowest BCUT2D eigenvalue weighted by Crippen LogP contribution is -2.31. The number of carbonyl (C=O) groups excluding carboxylic acids is 1. The maximum atomic E-state index is 12.7. The number of thiophene rings is 1. The number of aromatic nitrogens is 1. The van der Waals surface area contributed by atoms with Crippen LogP contribution in [0.25, 0.3) is 20.3 Å². The lowest BCUT2D eigenvalue weighted by molar-refractivity contribution is 0.103. The molecule has 3 heterocycles. The number of rotatable bonds is 4. The fourth-order valence-electron chi connectivity index (χ4n) is 3.75. The molecule has 1 aliphatic heterocycles. The Kier molecular flexibility index (Phi) is 4.73. The first-order valence-corrected chi connectivity index (χ1v) is 11.3. The third-order valence-electron chi connectivity index (χ3n) is 5.45. The van der Waals surface area contributed by atoms with Crippen molar-refractivity contribution in [1.29, 1.82) is 0 Å². The van der Waals surface area contributed by atoms with Gasteiger partial charge < -0.3 is 15.1 Å². The van der Waals surface area contributed by atoms with E-state index < -0.39 is 0 Å². The Hall–Kier alpha value is -2.48. The summed E-state index contributed by atoms with van der Waals surface area (Å²) in [6, 6.07) is 16.6. The van der Waals surface area contributed by atoms with Crippen LogP contribution in [0.1, 0.15) is 16.1 Å². The van der Waals surface area contributed by atoms with Gasteiger partial charge in [0, 0.05) is 29.5 Å². The highest BCUT2D eigenvalue weighted by molar-refractivity contribution is 7.22. The predicted octanol–water partition coefficient (Wildman–Crippen LogP) is 4.90. The van der Waals surface area contributed by atoms with Gasteiger partial charge in [-0.2, -0.15) is 0 Å². The van der Waals surface area contributed by atoms with E-state index in [1.54, 1.807) is 11.3 Å². The fraction of sp³-hybridized carbons (Fsp3) is 0.273. The van der Waals surface area contributed by atoms with Crippen molar-refractivity contribution < 1.29 is 4.79 Å². The van der Waals surface area contributed by atoms with E-state index in [9.17, 15) is 4.79 Å². The molecule has 1 amide bonds. The van der Waals surface area contributed by atoms with Crippen LogP contribution in [0.4, 0.5) is 10.8 Å². The van der Waals surface area contributed by atoms with Gasteiger partial charge in [0.05, 0.1) is 15.1 Å². The van der Waals surface area contributed by atoms with E-state index in [0.29, 0.717) is 6.04 Å². The molecule has 148 valence electrons. The van der Waals surface area contributed by atoms with Gasteiger partial charge in [-0.15, -0.1) is 11.3 Å². The van der Waals surface area contributed by atoms with Gasteiger partial charge in [0.1, 0.15) is 0 Å². The van der Waals surface area contributed by atoms with E-state index in [4.69, 9.17) is 4.98 Å². The molecule has 29 heavy (non-hydrogen) atoms. The summed E-state index contributed by atoms with van der Waals surface area (Å²) in [6.07, 6.45) is 1.17. The van der Waals surface area contributed by atoms with Crippen LogP contribution in [0, 0.1) is 0 Å². The Morgan fingerprint density at radius 1 is 1.14 bits per heavy atom. The number of likely N-dealkylation sites (N-methyl/N-ethyl adjacent to an activating group) is 1. The van der Waals surface area contributed by atoms with Crippen LogP contribution in [0.15, 0.2) is 48.5 Å². The molecule has 1 N–H and O–H groups in total. The van der Waals surface area contributed by atoms with Crippen molar-refractivity contribution in [1.82, 2.24) is 9.88 Å². The third-order valence-corrected chi connectivity index (χ3v) is 7.64. The standard InChI is InChI=1S/C22H22N4OS2/c1-25(2)16-9-10-26(13-16)22-24-17-8-7-15(12-19(17)29-22)23-21(27)20-11-14-5-3-4-6-18(14)28-20/h3-8,11-12,16H,9-10,13H2,1-2H3,(H,23,27). The molecule has 5 rings (SSSR count). The van der Waals surface area contributed by atoms with Crippen LogP contribution in [-0.4, -0.2) is 49.0 Å². The number of hydrogen-bond donors (Lipinski definition) is 1. The molecule has 7 heteroatoms. The summed E-state index contributed by atoms with van der Waals surface area (Å²) >= 11 is 3.22. The molecule has 1 fully saturated rings. The predicted molar refractivity (Wildman–Crippen MR) is 124 cm³/mol. The monoisotopic (exact) mass is 422 g/mol. The molecule has 1 saturated heterocycles. The van der Waals surface area contributed by atoms with E-state index in [-0.39, 0.29) is 5.91 Å². The first-order valence-electron chi connectivity index (χ1n) is 9.69. The number of nitrogens with zero attached hydrogens (tertiary/aromatic N) is 3. The molecule has 2 aromatic carbocycles. The average Bonchev–Trinajstić information content (AvgIpc) is 3.44. The Morgan fingerprint density at radius 3 is 2.79 bits per heavy atom. The molecule has 0 spiro atoms. The summed E-state index contributed by atoms with van der Waals surface area (Å²) in [5, 5.41) is 5.21. The third kappa shape index (κ3) is 3.61. The highest BCUT2D eigenvalue weighted by Crippen LogP contribution is 2.33. The normalized spacial score (nSPS) is 16.9. The van der Waals surface area contributed by atoms with E-state index in [1.165, 1.54) is 17.8 Å². The summed E-state index contributed by atoms with van der Waals surface area (Å²) in [7, 11) is 4.27. The summed E-state index contributed by atoms with van der Waals surface area (Å²) in [6.45, 7) is 2.06. The number of amides is 1. The van der Waals surface area contributed by atoms with Gasteiger partial charge in [-0.3, -0.25) is 4.79 Å². The van der Waals surface area contributed by atoms with Crippen LogP contribution in [0.2, 0.25) is 0 Å². The van der Waals surface area contributed by atoms with Crippen LogP contribution in [0.3, 0.4) is 0 Å².